The topological polar surface area (TPSA) is 43.6 Å². The van der Waals surface area contributed by atoms with Crippen molar-refractivity contribution < 1.29 is 4.74 Å². The molecule has 0 aliphatic carbocycles. The molecule has 7 heteroatoms. The smallest absolute Gasteiger partial charge is 0.274 e. The number of ether oxygens (including phenoxy) is 1. The van der Waals surface area contributed by atoms with E-state index < -0.39 is 0 Å². The molecule has 0 aliphatic heterocycles. The summed E-state index contributed by atoms with van der Waals surface area (Å²) in [5, 5.41) is 0.866. The number of hydrogen-bond acceptors (Lipinski definition) is 4. The van der Waals surface area contributed by atoms with Crippen molar-refractivity contribution in [2.24, 2.45) is 0 Å². The third kappa shape index (κ3) is 3.69. The normalized spacial score (nSPS) is 12.2. The summed E-state index contributed by atoms with van der Waals surface area (Å²) in [7, 11) is 0. The molecule has 31 heavy (non-hydrogen) atoms. The lowest BCUT2D eigenvalue weighted by atomic mass is 10.1. The van der Waals surface area contributed by atoms with Crippen LogP contribution in [0.3, 0.4) is 0 Å². The number of rotatable bonds is 4. The fraction of sp³-hybridized carbons (Fsp3) is 0.0833. The van der Waals surface area contributed by atoms with Crippen molar-refractivity contribution in [3.63, 3.8) is 0 Å². The van der Waals surface area contributed by atoms with E-state index >= 15 is 0 Å². The third-order valence-corrected chi connectivity index (χ3v) is 6.57. The van der Waals surface area contributed by atoms with E-state index in [1.54, 1.807) is 22.6 Å². The molecule has 2 aromatic heterocycles. The quantitative estimate of drug-likeness (QED) is 0.343. The van der Waals surface area contributed by atoms with Crippen molar-refractivity contribution >= 4 is 56.6 Å². The Morgan fingerprint density at radius 1 is 1.10 bits per heavy atom. The zero-order valence-corrected chi connectivity index (χ0v) is 18.8. The third-order valence-electron chi connectivity index (χ3n) is 5.10. The van der Waals surface area contributed by atoms with Crippen LogP contribution in [0.25, 0.3) is 22.1 Å². The van der Waals surface area contributed by atoms with Crippen LogP contribution in [0.15, 0.2) is 65.5 Å². The van der Waals surface area contributed by atoms with E-state index in [4.69, 9.17) is 27.9 Å². The van der Waals surface area contributed by atoms with Crippen molar-refractivity contribution in [1.82, 2.24) is 9.38 Å². The molecule has 0 spiro atoms. The van der Waals surface area contributed by atoms with Gasteiger partial charge in [0.2, 0.25) is 0 Å². The maximum atomic E-state index is 13.1. The lowest BCUT2D eigenvalue weighted by molar-refractivity contribution is 0.305. The number of benzene rings is 3. The Morgan fingerprint density at radius 3 is 2.71 bits per heavy atom. The molecule has 0 radical (unpaired) electrons. The van der Waals surface area contributed by atoms with Crippen molar-refractivity contribution in [1.29, 1.82) is 0 Å². The highest BCUT2D eigenvalue weighted by molar-refractivity contribution is 7.15. The minimum Gasteiger partial charge on any atom is -0.487 e. The van der Waals surface area contributed by atoms with Gasteiger partial charge in [0.25, 0.3) is 5.56 Å². The van der Waals surface area contributed by atoms with Crippen molar-refractivity contribution in [2.75, 3.05) is 0 Å². The maximum Gasteiger partial charge on any atom is 0.274 e. The molecule has 0 amide bonds. The number of aryl methyl sites for hydroxylation is 1. The number of halogens is 2. The van der Waals surface area contributed by atoms with Gasteiger partial charge in [-0.15, -0.1) is 0 Å². The van der Waals surface area contributed by atoms with Crippen LogP contribution in [0.2, 0.25) is 10.0 Å². The van der Waals surface area contributed by atoms with E-state index in [0.717, 1.165) is 22.2 Å². The van der Waals surface area contributed by atoms with Gasteiger partial charge in [0.15, 0.2) is 4.96 Å². The van der Waals surface area contributed by atoms with Gasteiger partial charge in [-0.1, -0.05) is 70.9 Å². The van der Waals surface area contributed by atoms with Gasteiger partial charge in [0.05, 0.1) is 20.6 Å². The Kier molecular flexibility index (Phi) is 5.18. The first kappa shape index (κ1) is 20.1. The number of para-hydroxylation sites is 2. The Hall–Kier alpha value is -2.86. The Labute approximate surface area is 191 Å². The Bertz CT molecular complexity index is 1560. The largest absolute Gasteiger partial charge is 0.487 e. The molecular formula is C24H16Cl2N2O2S. The van der Waals surface area contributed by atoms with Gasteiger partial charge in [-0.05, 0) is 48.4 Å². The number of nitrogens with zero attached hydrogens (tertiary/aromatic N) is 2. The van der Waals surface area contributed by atoms with Gasteiger partial charge in [0.1, 0.15) is 12.4 Å². The molecule has 0 atom stereocenters. The molecule has 0 saturated carbocycles. The average molecular weight is 467 g/mol. The fourth-order valence-corrected chi connectivity index (χ4v) is 5.06. The van der Waals surface area contributed by atoms with E-state index in [2.05, 4.69) is 4.98 Å². The summed E-state index contributed by atoms with van der Waals surface area (Å²) < 4.78 is 8.25. The zero-order chi connectivity index (χ0) is 21.5. The fourth-order valence-electron chi connectivity index (χ4n) is 3.51. The Balaban J connectivity index is 1.62. The van der Waals surface area contributed by atoms with Crippen molar-refractivity contribution in [2.45, 2.75) is 13.5 Å². The summed E-state index contributed by atoms with van der Waals surface area (Å²) in [5.41, 5.74) is 4.30. The highest BCUT2D eigenvalue weighted by Gasteiger charge is 2.14. The minimum atomic E-state index is -0.130. The summed E-state index contributed by atoms with van der Waals surface area (Å²) in [6, 6.07) is 19.0. The van der Waals surface area contributed by atoms with Gasteiger partial charge in [-0.2, -0.15) is 0 Å². The van der Waals surface area contributed by atoms with Gasteiger partial charge >= 0.3 is 0 Å². The van der Waals surface area contributed by atoms with Crippen LogP contribution in [-0.4, -0.2) is 9.38 Å². The number of fused-ring (bicyclic) bond motifs is 3. The van der Waals surface area contributed by atoms with Crippen LogP contribution >= 0.6 is 34.5 Å². The number of imidazole rings is 1. The van der Waals surface area contributed by atoms with E-state index in [1.165, 1.54) is 11.3 Å². The van der Waals surface area contributed by atoms with E-state index in [1.807, 2.05) is 55.5 Å². The number of aromatic nitrogens is 2. The molecule has 3 aromatic carbocycles. The molecule has 5 rings (SSSR count). The first-order chi connectivity index (χ1) is 15.0. The molecule has 0 unspecified atom stereocenters. The SMILES string of the molecule is Cc1ccccc1COc1c(Cl)cc(Cl)cc1/C=c1/sc2nc3ccccc3n2c1=O. The van der Waals surface area contributed by atoms with Crippen molar-refractivity contribution in [3.05, 3.63) is 102 Å². The van der Waals surface area contributed by atoms with Gasteiger partial charge in [0, 0.05) is 10.6 Å². The molecule has 0 saturated heterocycles. The van der Waals surface area contributed by atoms with Crippen molar-refractivity contribution in [3.8, 4) is 5.75 Å². The van der Waals surface area contributed by atoms with E-state index in [0.29, 0.717) is 37.5 Å². The Morgan fingerprint density at radius 2 is 1.87 bits per heavy atom. The van der Waals surface area contributed by atoms with Gasteiger partial charge in [-0.25, -0.2) is 9.38 Å². The average Bonchev–Trinajstić information content (AvgIpc) is 3.25. The van der Waals surface area contributed by atoms with Gasteiger partial charge < -0.3 is 4.74 Å². The van der Waals surface area contributed by atoms with Crippen LogP contribution in [0, 0.1) is 6.92 Å². The van der Waals surface area contributed by atoms with E-state index in [-0.39, 0.29) is 5.56 Å². The lowest BCUT2D eigenvalue weighted by Gasteiger charge is -2.13. The standard InChI is InChI=1S/C24H16Cl2N2O2S/c1-14-6-2-3-7-15(14)13-30-22-16(10-17(25)12-18(22)26)11-21-23(29)28-20-9-5-4-8-19(20)27-24(28)31-21/h2-12H,13H2,1H3/b21-11+. The monoisotopic (exact) mass is 466 g/mol. The molecule has 0 aliphatic rings. The molecule has 154 valence electrons. The molecule has 4 nitrogen and oxygen atoms in total. The summed E-state index contributed by atoms with van der Waals surface area (Å²) in [6.07, 6.45) is 1.77. The molecule has 0 fully saturated rings. The molecular weight excluding hydrogens is 451 g/mol. The summed E-state index contributed by atoms with van der Waals surface area (Å²) in [5.74, 6) is 0.490. The highest BCUT2D eigenvalue weighted by atomic mass is 35.5. The van der Waals surface area contributed by atoms with E-state index in [9.17, 15) is 4.79 Å². The summed E-state index contributed by atoms with van der Waals surface area (Å²) >= 11 is 14.0. The number of thiazole rings is 1. The lowest BCUT2D eigenvalue weighted by Crippen LogP contribution is -2.22. The summed E-state index contributed by atoms with van der Waals surface area (Å²) in [4.78, 5) is 18.3. The van der Waals surface area contributed by atoms with Crippen LogP contribution in [0.5, 0.6) is 5.75 Å². The second-order valence-corrected chi connectivity index (χ2v) is 9.01. The predicted octanol–water partition coefficient (Wildman–Crippen LogP) is 5.65. The zero-order valence-electron chi connectivity index (χ0n) is 16.4. The second-order valence-electron chi connectivity index (χ2n) is 7.16. The molecule has 0 N–H and O–H groups in total. The predicted molar refractivity (Wildman–Crippen MR) is 128 cm³/mol. The van der Waals surface area contributed by atoms with Crippen LogP contribution in [0.1, 0.15) is 16.7 Å². The van der Waals surface area contributed by atoms with Gasteiger partial charge in [-0.3, -0.25) is 4.79 Å². The minimum absolute atomic E-state index is 0.130. The highest BCUT2D eigenvalue weighted by Crippen LogP contribution is 2.34. The van der Waals surface area contributed by atoms with Crippen LogP contribution in [-0.2, 0) is 6.61 Å². The van der Waals surface area contributed by atoms with Crippen LogP contribution < -0.4 is 14.8 Å². The van der Waals surface area contributed by atoms with Crippen LogP contribution in [0.4, 0.5) is 0 Å². The molecule has 0 bridgehead atoms. The molecule has 2 heterocycles. The maximum absolute atomic E-state index is 13.1. The first-order valence-electron chi connectivity index (χ1n) is 9.59. The molecule has 5 aromatic rings. The first-order valence-corrected chi connectivity index (χ1v) is 11.2. The number of hydrogen-bond donors (Lipinski definition) is 0. The second kappa shape index (κ2) is 8.00. The summed E-state index contributed by atoms with van der Waals surface area (Å²) in [6.45, 7) is 2.39.